The molecule has 2 amide bonds. The topological polar surface area (TPSA) is 75.7 Å². The Kier molecular flexibility index (Phi) is 5.86. The van der Waals surface area contributed by atoms with Gasteiger partial charge in [-0.2, -0.15) is 0 Å². The van der Waals surface area contributed by atoms with Crippen molar-refractivity contribution in [2.75, 3.05) is 23.4 Å². The van der Waals surface area contributed by atoms with Crippen LogP contribution in [0.1, 0.15) is 36.5 Å². The van der Waals surface area contributed by atoms with Gasteiger partial charge in [0.1, 0.15) is 5.75 Å². The Morgan fingerprint density at radius 3 is 2.63 bits per heavy atom. The zero-order valence-electron chi connectivity index (χ0n) is 15.2. The summed E-state index contributed by atoms with van der Waals surface area (Å²) in [5.41, 5.74) is 1.83. The van der Waals surface area contributed by atoms with E-state index < -0.39 is 0 Å². The molecular weight excluding hydrogens is 344 g/mol. The van der Waals surface area contributed by atoms with Crippen molar-refractivity contribution in [3.05, 3.63) is 54.1 Å². The molecule has 2 aromatic carbocycles. The quantitative estimate of drug-likeness (QED) is 0.762. The number of fused-ring (bicyclic) bond motifs is 1. The fourth-order valence-electron chi connectivity index (χ4n) is 2.97. The van der Waals surface area contributed by atoms with Crippen LogP contribution in [-0.2, 0) is 9.59 Å². The minimum absolute atomic E-state index is 0.0281. The van der Waals surface area contributed by atoms with Gasteiger partial charge in [0.25, 0.3) is 5.91 Å². The summed E-state index contributed by atoms with van der Waals surface area (Å²) in [7, 11) is 0. The third-order valence-corrected chi connectivity index (χ3v) is 4.31. The Morgan fingerprint density at radius 2 is 1.89 bits per heavy atom. The van der Waals surface area contributed by atoms with Crippen LogP contribution >= 0.6 is 0 Å². The van der Waals surface area contributed by atoms with Gasteiger partial charge >= 0.3 is 0 Å². The van der Waals surface area contributed by atoms with Crippen molar-refractivity contribution in [1.29, 1.82) is 0 Å². The molecule has 1 heterocycles. The maximum Gasteiger partial charge on any atom is 0.265 e. The molecule has 6 heteroatoms. The second kappa shape index (κ2) is 8.49. The van der Waals surface area contributed by atoms with E-state index in [2.05, 4.69) is 5.32 Å². The van der Waals surface area contributed by atoms with E-state index in [0.29, 0.717) is 29.2 Å². The van der Waals surface area contributed by atoms with Gasteiger partial charge in [0.15, 0.2) is 12.4 Å². The standard InChI is InChI=1S/C21H22N2O4/c1-2-12-23-17-13-16(8-10-19(17)27-14-21(23)26)22-20(25)11-9-18(24)15-6-4-3-5-7-15/h3-8,10,13H,2,9,11-12,14H2,1H3,(H,22,25). The summed E-state index contributed by atoms with van der Waals surface area (Å²) in [6.07, 6.45) is 1.06. The molecule has 27 heavy (non-hydrogen) atoms. The van der Waals surface area contributed by atoms with Gasteiger partial charge in [0.2, 0.25) is 5.91 Å². The lowest BCUT2D eigenvalue weighted by molar-refractivity contribution is -0.121. The molecular formula is C21H22N2O4. The summed E-state index contributed by atoms with van der Waals surface area (Å²) >= 11 is 0. The number of hydrogen-bond donors (Lipinski definition) is 1. The number of benzene rings is 2. The molecule has 1 N–H and O–H groups in total. The molecule has 0 aliphatic carbocycles. The Labute approximate surface area is 158 Å². The van der Waals surface area contributed by atoms with Crippen LogP contribution in [0.4, 0.5) is 11.4 Å². The number of carbonyl (C=O) groups excluding carboxylic acids is 3. The molecule has 0 aromatic heterocycles. The highest BCUT2D eigenvalue weighted by Gasteiger charge is 2.25. The van der Waals surface area contributed by atoms with E-state index >= 15 is 0 Å². The minimum Gasteiger partial charge on any atom is -0.482 e. The van der Waals surface area contributed by atoms with E-state index in [1.54, 1.807) is 47.4 Å². The Balaban J connectivity index is 1.63. The van der Waals surface area contributed by atoms with Crippen LogP contribution in [0.15, 0.2) is 48.5 Å². The Morgan fingerprint density at radius 1 is 1.11 bits per heavy atom. The molecule has 3 rings (SSSR count). The first-order valence-electron chi connectivity index (χ1n) is 9.04. The van der Waals surface area contributed by atoms with E-state index in [9.17, 15) is 14.4 Å². The first kappa shape index (κ1) is 18.6. The Bertz CT molecular complexity index is 849. The second-order valence-corrected chi connectivity index (χ2v) is 6.35. The van der Waals surface area contributed by atoms with Gasteiger partial charge in [0.05, 0.1) is 5.69 Å². The first-order chi connectivity index (χ1) is 13.1. The predicted octanol–water partition coefficient (Wildman–Crippen LogP) is 3.42. The van der Waals surface area contributed by atoms with Crippen LogP contribution in [0, 0.1) is 0 Å². The van der Waals surface area contributed by atoms with Crippen LogP contribution in [0.2, 0.25) is 0 Å². The highest BCUT2D eigenvalue weighted by atomic mass is 16.5. The molecule has 0 bridgehead atoms. The molecule has 0 atom stereocenters. The van der Waals surface area contributed by atoms with Crippen LogP contribution in [0.25, 0.3) is 0 Å². The number of nitrogens with zero attached hydrogens (tertiary/aromatic N) is 1. The van der Waals surface area contributed by atoms with E-state index in [-0.39, 0.29) is 37.0 Å². The number of ether oxygens (including phenoxy) is 1. The van der Waals surface area contributed by atoms with Crippen LogP contribution in [-0.4, -0.2) is 30.7 Å². The number of hydrogen-bond acceptors (Lipinski definition) is 4. The molecule has 0 fully saturated rings. The fourth-order valence-corrected chi connectivity index (χ4v) is 2.97. The van der Waals surface area contributed by atoms with Crippen LogP contribution < -0.4 is 15.0 Å². The van der Waals surface area contributed by atoms with E-state index in [1.807, 2.05) is 13.0 Å². The largest absolute Gasteiger partial charge is 0.482 e. The van der Waals surface area contributed by atoms with Crippen molar-refractivity contribution in [2.24, 2.45) is 0 Å². The summed E-state index contributed by atoms with van der Waals surface area (Å²) in [6.45, 7) is 2.62. The lowest BCUT2D eigenvalue weighted by Gasteiger charge is -2.29. The summed E-state index contributed by atoms with van der Waals surface area (Å²) in [5.74, 6) is 0.218. The van der Waals surface area contributed by atoms with Gasteiger partial charge in [-0.15, -0.1) is 0 Å². The third kappa shape index (κ3) is 4.53. The predicted molar refractivity (Wildman–Crippen MR) is 103 cm³/mol. The smallest absolute Gasteiger partial charge is 0.265 e. The highest BCUT2D eigenvalue weighted by molar-refractivity contribution is 6.01. The number of ketones is 1. The third-order valence-electron chi connectivity index (χ3n) is 4.31. The molecule has 0 saturated heterocycles. The number of rotatable bonds is 7. The van der Waals surface area contributed by atoms with Gasteiger partial charge < -0.3 is 15.0 Å². The monoisotopic (exact) mass is 366 g/mol. The molecule has 140 valence electrons. The lowest BCUT2D eigenvalue weighted by atomic mass is 10.1. The summed E-state index contributed by atoms with van der Waals surface area (Å²) < 4.78 is 5.45. The summed E-state index contributed by atoms with van der Waals surface area (Å²) in [6, 6.07) is 14.1. The maximum atomic E-state index is 12.2. The molecule has 1 aliphatic rings. The zero-order chi connectivity index (χ0) is 19.2. The van der Waals surface area contributed by atoms with E-state index in [0.717, 1.165) is 6.42 Å². The van der Waals surface area contributed by atoms with Crippen molar-refractivity contribution >= 4 is 29.0 Å². The van der Waals surface area contributed by atoms with Crippen molar-refractivity contribution in [1.82, 2.24) is 0 Å². The second-order valence-electron chi connectivity index (χ2n) is 6.35. The number of Topliss-reactive ketones (excluding diaryl/α,β-unsaturated/α-hetero) is 1. The SMILES string of the molecule is CCCN1C(=O)COc2ccc(NC(=O)CCC(=O)c3ccccc3)cc21. The highest BCUT2D eigenvalue weighted by Crippen LogP contribution is 2.34. The summed E-state index contributed by atoms with van der Waals surface area (Å²) in [5, 5.41) is 2.79. The van der Waals surface area contributed by atoms with Crippen LogP contribution in [0.3, 0.4) is 0 Å². The van der Waals surface area contributed by atoms with Gasteiger partial charge in [-0.3, -0.25) is 14.4 Å². The van der Waals surface area contributed by atoms with E-state index in [4.69, 9.17) is 4.74 Å². The van der Waals surface area contributed by atoms with Gasteiger partial charge in [-0.25, -0.2) is 0 Å². The zero-order valence-corrected chi connectivity index (χ0v) is 15.2. The van der Waals surface area contributed by atoms with E-state index in [1.165, 1.54) is 0 Å². The van der Waals surface area contributed by atoms with Crippen molar-refractivity contribution in [3.8, 4) is 5.75 Å². The van der Waals surface area contributed by atoms with Gasteiger partial charge in [0, 0.05) is 30.6 Å². The minimum atomic E-state index is -0.246. The van der Waals surface area contributed by atoms with Crippen molar-refractivity contribution in [2.45, 2.75) is 26.2 Å². The molecule has 0 saturated carbocycles. The molecule has 0 unspecified atom stereocenters. The molecule has 2 aromatic rings. The number of amides is 2. The molecule has 1 aliphatic heterocycles. The lowest BCUT2D eigenvalue weighted by Crippen LogP contribution is -2.39. The van der Waals surface area contributed by atoms with Gasteiger partial charge in [-0.1, -0.05) is 37.3 Å². The number of nitrogens with one attached hydrogen (secondary N) is 1. The first-order valence-corrected chi connectivity index (χ1v) is 9.04. The maximum absolute atomic E-state index is 12.2. The Hall–Kier alpha value is -3.15. The summed E-state index contributed by atoms with van der Waals surface area (Å²) in [4.78, 5) is 38.1. The normalized spacial score (nSPS) is 12.9. The molecule has 6 nitrogen and oxygen atoms in total. The number of anilines is 2. The number of carbonyl (C=O) groups is 3. The van der Waals surface area contributed by atoms with Gasteiger partial charge in [-0.05, 0) is 24.6 Å². The molecule has 0 spiro atoms. The van der Waals surface area contributed by atoms with Crippen molar-refractivity contribution < 1.29 is 19.1 Å². The average Bonchev–Trinajstić information content (AvgIpc) is 2.69. The fraction of sp³-hybridized carbons (Fsp3) is 0.286. The van der Waals surface area contributed by atoms with Crippen LogP contribution in [0.5, 0.6) is 5.75 Å². The molecule has 0 radical (unpaired) electrons. The average molecular weight is 366 g/mol. The van der Waals surface area contributed by atoms with Crippen molar-refractivity contribution in [3.63, 3.8) is 0 Å².